The number of hydrogen-bond acceptors (Lipinski definition) is 2. The van der Waals surface area contributed by atoms with E-state index in [4.69, 9.17) is 0 Å². The van der Waals surface area contributed by atoms with Crippen molar-refractivity contribution in [3.8, 4) is 0 Å². The first kappa shape index (κ1) is 8.92. The van der Waals surface area contributed by atoms with E-state index in [1.54, 1.807) is 6.92 Å². The molecule has 0 amide bonds. The molecule has 0 aromatic heterocycles. The summed E-state index contributed by atoms with van der Waals surface area (Å²) in [4.78, 5) is 22.7. The highest BCUT2D eigenvalue weighted by molar-refractivity contribution is 5.89. The molecule has 0 saturated heterocycles. The van der Waals surface area contributed by atoms with Gasteiger partial charge in [-0.1, -0.05) is 0 Å². The quantitative estimate of drug-likeness (QED) is 0.651. The number of hydrogen-bond donors (Lipinski definition) is 0. The lowest BCUT2D eigenvalue weighted by Crippen LogP contribution is -2.29. The van der Waals surface area contributed by atoms with Crippen molar-refractivity contribution < 1.29 is 9.59 Å². The molecule has 3 unspecified atom stereocenters. The lowest BCUT2D eigenvalue weighted by Gasteiger charge is -2.25. The van der Waals surface area contributed by atoms with Gasteiger partial charge < -0.3 is 4.79 Å². The molecule has 2 heteroatoms. The summed E-state index contributed by atoms with van der Waals surface area (Å²) >= 11 is 0. The summed E-state index contributed by atoms with van der Waals surface area (Å²) in [5.41, 5.74) is 0. The van der Waals surface area contributed by atoms with Crippen LogP contribution in [0.3, 0.4) is 0 Å². The van der Waals surface area contributed by atoms with E-state index in [0.29, 0.717) is 18.1 Å². The molecule has 2 aliphatic carbocycles. The molecule has 0 N–H and O–H groups in total. The van der Waals surface area contributed by atoms with Crippen LogP contribution in [-0.2, 0) is 9.59 Å². The Morgan fingerprint density at radius 3 is 2.85 bits per heavy atom. The summed E-state index contributed by atoms with van der Waals surface area (Å²) in [6.45, 7) is 1.59. The minimum absolute atomic E-state index is 0.0729. The van der Waals surface area contributed by atoms with Crippen LogP contribution in [0.4, 0.5) is 0 Å². The van der Waals surface area contributed by atoms with Gasteiger partial charge in [0.1, 0.15) is 11.6 Å². The molecule has 0 aliphatic heterocycles. The smallest absolute Gasteiger partial charge is 0.139 e. The zero-order valence-electron chi connectivity index (χ0n) is 8.08. The molecular formula is C11H16O2. The van der Waals surface area contributed by atoms with Gasteiger partial charge in [-0.15, -0.1) is 0 Å². The van der Waals surface area contributed by atoms with Crippen LogP contribution in [0.15, 0.2) is 0 Å². The molecule has 3 atom stereocenters. The highest BCUT2D eigenvalue weighted by Gasteiger charge is 2.40. The highest BCUT2D eigenvalue weighted by atomic mass is 16.1. The lowest BCUT2D eigenvalue weighted by atomic mass is 9.78. The molecule has 13 heavy (non-hydrogen) atoms. The van der Waals surface area contributed by atoms with Crippen LogP contribution >= 0.6 is 0 Å². The first-order valence-corrected chi connectivity index (χ1v) is 5.20. The predicted octanol–water partition coefficient (Wildman–Crippen LogP) is 1.97. The molecule has 2 bridgehead atoms. The van der Waals surface area contributed by atoms with Gasteiger partial charge in [-0.05, 0) is 38.5 Å². The van der Waals surface area contributed by atoms with Crippen molar-refractivity contribution in [3.63, 3.8) is 0 Å². The van der Waals surface area contributed by atoms with Crippen molar-refractivity contribution in [2.24, 2.45) is 17.8 Å². The van der Waals surface area contributed by atoms with E-state index in [1.165, 1.54) is 6.42 Å². The van der Waals surface area contributed by atoms with Gasteiger partial charge >= 0.3 is 0 Å². The molecule has 72 valence electrons. The lowest BCUT2D eigenvalue weighted by molar-refractivity contribution is -0.132. The van der Waals surface area contributed by atoms with E-state index in [9.17, 15) is 9.59 Å². The average Bonchev–Trinajstić information content (AvgIpc) is 2.44. The maximum Gasteiger partial charge on any atom is 0.139 e. The van der Waals surface area contributed by atoms with Gasteiger partial charge in [0.15, 0.2) is 0 Å². The van der Waals surface area contributed by atoms with Crippen molar-refractivity contribution in [2.75, 3.05) is 0 Å². The molecule has 0 radical (unpaired) electrons. The summed E-state index contributed by atoms with van der Waals surface area (Å²) < 4.78 is 0. The summed E-state index contributed by atoms with van der Waals surface area (Å²) in [5, 5.41) is 0. The molecule has 0 heterocycles. The maximum absolute atomic E-state index is 11.8. The Labute approximate surface area is 78.7 Å². The first-order chi connectivity index (χ1) is 6.16. The molecule has 0 aromatic carbocycles. The number of rotatable bonds is 2. The highest BCUT2D eigenvalue weighted by Crippen LogP contribution is 2.43. The third kappa shape index (κ3) is 1.67. The summed E-state index contributed by atoms with van der Waals surface area (Å²) in [6.07, 6.45) is 4.87. The van der Waals surface area contributed by atoms with Crippen LogP contribution in [-0.4, -0.2) is 11.6 Å². The standard InChI is InChI=1S/C11H16O2/c1-7(12)4-10-6-8-2-3-9(5-8)11(10)13/h8-10H,2-6H2,1H3. The Balaban J connectivity index is 2.04. The molecule has 0 spiro atoms. The molecule has 2 saturated carbocycles. The van der Waals surface area contributed by atoms with Gasteiger partial charge in [0.05, 0.1) is 0 Å². The van der Waals surface area contributed by atoms with E-state index in [2.05, 4.69) is 0 Å². The molecule has 2 fully saturated rings. The van der Waals surface area contributed by atoms with Crippen molar-refractivity contribution in [2.45, 2.75) is 39.0 Å². The van der Waals surface area contributed by atoms with E-state index in [1.807, 2.05) is 0 Å². The van der Waals surface area contributed by atoms with Gasteiger partial charge in [-0.25, -0.2) is 0 Å². The first-order valence-electron chi connectivity index (χ1n) is 5.20. The topological polar surface area (TPSA) is 34.1 Å². The second-order valence-electron chi connectivity index (χ2n) is 4.62. The predicted molar refractivity (Wildman–Crippen MR) is 49.2 cm³/mol. The van der Waals surface area contributed by atoms with Crippen molar-refractivity contribution in [1.29, 1.82) is 0 Å². The third-order valence-corrected chi connectivity index (χ3v) is 3.50. The molecular weight excluding hydrogens is 164 g/mol. The van der Waals surface area contributed by atoms with Gasteiger partial charge in [-0.2, -0.15) is 0 Å². The molecule has 2 nitrogen and oxygen atoms in total. The van der Waals surface area contributed by atoms with Crippen LogP contribution < -0.4 is 0 Å². The molecule has 2 rings (SSSR count). The second kappa shape index (κ2) is 3.24. The van der Waals surface area contributed by atoms with Crippen LogP contribution in [0.5, 0.6) is 0 Å². The van der Waals surface area contributed by atoms with Gasteiger partial charge in [0.25, 0.3) is 0 Å². The summed E-state index contributed by atoms with van der Waals surface area (Å²) in [7, 11) is 0. The van der Waals surface area contributed by atoms with Crippen LogP contribution in [0.25, 0.3) is 0 Å². The van der Waals surface area contributed by atoms with E-state index < -0.39 is 0 Å². The molecule has 2 aliphatic rings. The SMILES string of the molecule is CC(=O)CC1CC2CCC(C2)C1=O. The van der Waals surface area contributed by atoms with E-state index >= 15 is 0 Å². The van der Waals surface area contributed by atoms with Gasteiger partial charge in [0, 0.05) is 18.3 Å². The fourth-order valence-electron chi connectivity index (χ4n) is 2.93. The van der Waals surface area contributed by atoms with Crippen LogP contribution in [0.1, 0.15) is 39.0 Å². The summed E-state index contributed by atoms with van der Waals surface area (Å²) in [6, 6.07) is 0. The van der Waals surface area contributed by atoms with Crippen molar-refractivity contribution in [3.05, 3.63) is 0 Å². The normalized spacial score (nSPS) is 37.9. The van der Waals surface area contributed by atoms with Crippen molar-refractivity contribution >= 4 is 11.6 Å². The fraction of sp³-hybridized carbons (Fsp3) is 0.818. The Morgan fingerprint density at radius 1 is 1.38 bits per heavy atom. The number of Topliss-reactive ketones (excluding diaryl/α,β-unsaturated/α-hetero) is 2. The number of ketones is 2. The Morgan fingerprint density at radius 2 is 2.15 bits per heavy atom. The Kier molecular flexibility index (Phi) is 2.22. The number of fused-ring (bicyclic) bond motifs is 2. The van der Waals surface area contributed by atoms with Crippen LogP contribution in [0, 0.1) is 17.8 Å². The average molecular weight is 180 g/mol. The van der Waals surface area contributed by atoms with Gasteiger partial charge in [0.2, 0.25) is 0 Å². The van der Waals surface area contributed by atoms with E-state index in [0.717, 1.165) is 25.2 Å². The van der Waals surface area contributed by atoms with Gasteiger partial charge in [-0.3, -0.25) is 4.79 Å². The van der Waals surface area contributed by atoms with Crippen LogP contribution in [0.2, 0.25) is 0 Å². The Bertz CT molecular complexity index is 244. The Hall–Kier alpha value is -0.660. The minimum atomic E-state index is 0.0729. The number of carbonyl (C=O) groups excluding carboxylic acids is 2. The minimum Gasteiger partial charge on any atom is -0.300 e. The second-order valence-corrected chi connectivity index (χ2v) is 4.62. The monoisotopic (exact) mass is 180 g/mol. The van der Waals surface area contributed by atoms with E-state index in [-0.39, 0.29) is 11.7 Å². The molecule has 0 aromatic rings. The largest absolute Gasteiger partial charge is 0.300 e. The van der Waals surface area contributed by atoms with Crippen molar-refractivity contribution in [1.82, 2.24) is 0 Å². The zero-order valence-corrected chi connectivity index (χ0v) is 8.08. The summed E-state index contributed by atoms with van der Waals surface area (Å²) in [5.74, 6) is 1.67. The zero-order chi connectivity index (χ0) is 9.42. The fourth-order valence-corrected chi connectivity index (χ4v) is 2.93. The third-order valence-electron chi connectivity index (χ3n) is 3.50. The number of carbonyl (C=O) groups is 2. The maximum atomic E-state index is 11.8.